The van der Waals surface area contributed by atoms with Crippen molar-refractivity contribution in [2.75, 3.05) is 6.54 Å². The third-order valence-corrected chi connectivity index (χ3v) is 18.6. The van der Waals surface area contributed by atoms with Crippen LogP contribution in [0, 0.1) is 0 Å². The Balaban J connectivity index is 4.59. The van der Waals surface area contributed by atoms with Crippen molar-refractivity contribution < 1.29 is 0 Å². The molecule has 0 unspecified atom stereocenters. The molecule has 0 atom stereocenters. The number of hydrogen-bond acceptors (Lipinski definition) is 1. The first-order valence-corrected chi connectivity index (χ1v) is 18.0. The predicted octanol–water partition coefficient (Wildman–Crippen LogP) is 5.86. The van der Waals surface area contributed by atoms with Gasteiger partial charge in [0.25, 0.3) is 0 Å². The zero-order valence-electron chi connectivity index (χ0n) is 15.2. The van der Waals surface area contributed by atoms with Gasteiger partial charge in [0.2, 0.25) is 0 Å². The van der Waals surface area contributed by atoms with E-state index < -0.39 is 24.5 Å². The van der Waals surface area contributed by atoms with E-state index in [4.69, 9.17) is 0 Å². The molecule has 0 aromatic heterocycles. The standard InChI is InChI=1S/C15H39NSi3/c1-10-19(11-2,12-3)15-13-14-16(17(4,5)6)18(7,8)9/h10-15H2,1-9H3. The van der Waals surface area contributed by atoms with Gasteiger partial charge in [-0.25, -0.2) is 0 Å². The van der Waals surface area contributed by atoms with Crippen LogP contribution in [0.4, 0.5) is 0 Å². The van der Waals surface area contributed by atoms with E-state index in [0.29, 0.717) is 0 Å². The molecule has 1 nitrogen and oxygen atoms in total. The largest absolute Gasteiger partial charge is 0.346 e. The first-order valence-electron chi connectivity index (χ1n) is 8.30. The Kier molecular flexibility index (Phi) is 7.81. The van der Waals surface area contributed by atoms with Crippen LogP contribution < -0.4 is 0 Å². The lowest BCUT2D eigenvalue weighted by Gasteiger charge is -2.44. The first-order chi connectivity index (χ1) is 8.52. The molecule has 0 fully saturated rings. The van der Waals surface area contributed by atoms with E-state index in [2.05, 4.69) is 64.3 Å². The van der Waals surface area contributed by atoms with E-state index in [-0.39, 0.29) is 0 Å². The molecular formula is C15H39NSi3. The van der Waals surface area contributed by atoms with Crippen LogP contribution in [0.15, 0.2) is 0 Å². The Hall–Kier alpha value is 0.611. The predicted molar refractivity (Wildman–Crippen MR) is 100 cm³/mol. The van der Waals surface area contributed by atoms with Crippen molar-refractivity contribution in [2.24, 2.45) is 0 Å². The minimum absolute atomic E-state index is 0.898. The Morgan fingerprint density at radius 3 is 1.32 bits per heavy atom. The summed E-state index contributed by atoms with van der Waals surface area (Å²) in [5, 5.41) is 0. The van der Waals surface area contributed by atoms with Crippen molar-refractivity contribution in [2.45, 2.75) is 90.7 Å². The highest BCUT2D eigenvalue weighted by molar-refractivity contribution is 6.89. The maximum Gasteiger partial charge on any atom is 0.112 e. The average Bonchev–Trinajstić information content (AvgIpc) is 2.27. The minimum atomic E-state index is -1.14. The van der Waals surface area contributed by atoms with Gasteiger partial charge in [-0.15, -0.1) is 0 Å². The fraction of sp³-hybridized carbons (Fsp3) is 1.00. The molecule has 0 aromatic carbocycles. The number of nitrogens with zero attached hydrogens (tertiary/aromatic N) is 1. The van der Waals surface area contributed by atoms with Crippen molar-refractivity contribution in [3.05, 3.63) is 0 Å². The zero-order chi connectivity index (χ0) is 15.3. The monoisotopic (exact) mass is 317 g/mol. The lowest BCUT2D eigenvalue weighted by molar-refractivity contribution is 0.597. The molecule has 0 radical (unpaired) electrons. The van der Waals surface area contributed by atoms with Gasteiger partial charge in [0.05, 0.1) is 8.07 Å². The van der Waals surface area contributed by atoms with Crippen molar-refractivity contribution >= 4 is 24.5 Å². The lowest BCUT2D eigenvalue weighted by atomic mass is 10.5. The molecule has 0 bridgehead atoms. The highest BCUT2D eigenvalue weighted by Gasteiger charge is 2.34. The van der Waals surface area contributed by atoms with Crippen molar-refractivity contribution in [3.63, 3.8) is 0 Å². The van der Waals surface area contributed by atoms with Gasteiger partial charge in [0, 0.05) is 0 Å². The van der Waals surface area contributed by atoms with E-state index in [1.165, 1.54) is 31.1 Å². The second kappa shape index (κ2) is 7.57. The lowest BCUT2D eigenvalue weighted by Crippen LogP contribution is -2.59. The van der Waals surface area contributed by atoms with Crippen molar-refractivity contribution in [1.29, 1.82) is 0 Å². The summed E-state index contributed by atoms with van der Waals surface area (Å²) in [6.07, 6.45) is 1.45. The van der Waals surface area contributed by atoms with Crippen molar-refractivity contribution in [1.82, 2.24) is 4.23 Å². The Bertz CT molecular complexity index is 227. The summed E-state index contributed by atoms with van der Waals surface area (Å²) in [5.74, 6) is 0. The van der Waals surface area contributed by atoms with Crippen LogP contribution in [-0.4, -0.2) is 35.3 Å². The van der Waals surface area contributed by atoms with Crippen LogP contribution in [0.3, 0.4) is 0 Å². The average molecular weight is 318 g/mol. The molecular weight excluding hydrogens is 278 g/mol. The van der Waals surface area contributed by atoms with Crippen LogP contribution in [0.2, 0.25) is 63.5 Å². The van der Waals surface area contributed by atoms with Crippen LogP contribution in [0.25, 0.3) is 0 Å². The molecule has 116 valence electrons. The second-order valence-electron chi connectivity index (χ2n) is 8.16. The first kappa shape index (κ1) is 19.6. The molecule has 0 aliphatic rings. The SMILES string of the molecule is CC[Si](CC)(CC)CCCN([Si](C)(C)C)[Si](C)(C)C. The quantitative estimate of drug-likeness (QED) is 0.482. The van der Waals surface area contributed by atoms with Gasteiger partial charge < -0.3 is 4.23 Å². The van der Waals surface area contributed by atoms with Crippen molar-refractivity contribution in [3.8, 4) is 0 Å². The van der Waals surface area contributed by atoms with E-state index in [9.17, 15) is 0 Å². The Labute approximate surface area is 126 Å². The fourth-order valence-corrected chi connectivity index (χ4v) is 16.7. The molecule has 0 aliphatic heterocycles. The van der Waals surface area contributed by atoms with Gasteiger partial charge in [-0.1, -0.05) is 84.2 Å². The van der Waals surface area contributed by atoms with Crippen LogP contribution in [-0.2, 0) is 0 Å². The molecule has 0 N–H and O–H groups in total. The van der Waals surface area contributed by atoms with E-state index in [1.54, 1.807) is 6.04 Å². The summed E-state index contributed by atoms with van der Waals surface area (Å²) in [6.45, 7) is 23.8. The minimum Gasteiger partial charge on any atom is -0.346 e. The topological polar surface area (TPSA) is 3.24 Å². The molecule has 0 spiro atoms. The van der Waals surface area contributed by atoms with Gasteiger partial charge >= 0.3 is 0 Å². The molecule has 4 heteroatoms. The summed E-state index contributed by atoms with van der Waals surface area (Å²) in [6, 6.07) is 6.02. The molecule has 0 heterocycles. The molecule has 0 saturated carbocycles. The summed E-state index contributed by atoms with van der Waals surface area (Å²) in [4.78, 5) is 0. The summed E-state index contributed by atoms with van der Waals surface area (Å²) in [5.41, 5.74) is 0. The molecule has 0 saturated heterocycles. The second-order valence-corrected chi connectivity index (χ2v) is 24.0. The summed E-state index contributed by atoms with van der Waals surface area (Å²) < 4.78 is 2.96. The third kappa shape index (κ3) is 6.27. The smallest absolute Gasteiger partial charge is 0.112 e. The van der Waals surface area contributed by atoms with E-state index in [1.807, 2.05) is 0 Å². The Morgan fingerprint density at radius 2 is 1.05 bits per heavy atom. The van der Waals surface area contributed by atoms with Gasteiger partial charge in [0.1, 0.15) is 16.5 Å². The van der Waals surface area contributed by atoms with E-state index >= 15 is 0 Å². The fourth-order valence-electron chi connectivity index (χ4n) is 3.57. The Morgan fingerprint density at radius 1 is 0.684 bits per heavy atom. The molecule has 0 rings (SSSR count). The highest BCUT2D eigenvalue weighted by atomic mass is 28.4. The van der Waals surface area contributed by atoms with Crippen LogP contribution >= 0.6 is 0 Å². The summed E-state index contributed by atoms with van der Waals surface area (Å²) >= 11 is 0. The molecule has 19 heavy (non-hydrogen) atoms. The van der Waals surface area contributed by atoms with Gasteiger partial charge in [-0.2, -0.15) is 0 Å². The normalized spacial score (nSPS) is 14.2. The zero-order valence-corrected chi connectivity index (χ0v) is 18.2. The maximum atomic E-state index is 2.96. The molecule has 0 amide bonds. The van der Waals surface area contributed by atoms with Gasteiger partial charge in [-0.3, -0.25) is 0 Å². The third-order valence-electron chi connectivity index (χ3n) is 4.96. The maximum absolute atomic E-state index is 2.96. The highest BCUT2D eigenvalue weighted by Crippen LogP contribution is 2.28. The number of hydrogen-bond donors (Lipinski definition) is 0. The van der Waals surface area contributed by atoms with Gasteiger partial charge in [0.15, 0.2) is 0 Å². The van der Waals surface area contributed by atoms with E-state index in [0.717, 1.165) is 0 Å². The van der Waals surface area contributed by atoms with Crippen LogP contribution in [0.1, 0.15) is 27.2 Å². The summed E-state index contributed by atoms with van der Waals surface area (Å²) in [7, 11) is -3.18. The molecule has 0 aliphatic carbocycles. The number of rotatable bonds is 9. The van der Waals surface area contributed by atoms with Gasteiger partial charge in [-0.05, 0) is 13.0 Å². The molecule has 0 aromatic rings. The van der Waals surface area contributed by atoms with Crippen LogP contribution in [0.5, 0.6) is 0 Å².